The molecule has 4 aromatic rings. The maximum atomic E-state index is 4.50. The second-order valence-corrected chi connectivity index (χ2v) is 6.11. The van der Waals surface area contributed by atoms with Crippen molar-refractivity contribution in [2.45, 2.75) is 12.8 Å². The van der Waals surface area contributed by atoms with Gasteiger partial charge in [0.25, 0.3) is 0 Å². The van der Waals surface area contributed by atoms with E-state index < -0.39 is 0 Å². The first-order valence-corrected chi connectivity index (χ1v) is 8.41. The van der Waals surface area contributed by atoms with Gasteiger partial charge in [-0.1, -0.05) is 79.7 Å². The van der Waals surface area contributed by atoms with Crippen molar-refractivity contribution in [3.05, 3.63) is 91.3 Å². The van der Waals surface area contributed by atoms with E-state index in [1.165, 1.54) is 10.8 Å². The highest BCUT2D eigenvalue weighted by atomic mass is 15.3. The van der Waals surface area contributed by atoms with Gasteiger partial charge in [0.1, 0.15) is 5.82 Å². The van der Waals surface area contributed by atoms with Gasteiger partial charge in [-0.15, -0.1) is 16.8 Å². The third-order valence-corrected chi connectivity index (χ3v) is 4.49. The molecule has 0 spiro atoms. The Morgan fingerprint density at radius 3 is 2.40 bits per heavy atom. The number of allylic oxidation sites excluding steroid dienone is 1. The molecule has 1 aromatic heterocycles. The molecule has 0 saturated heterocycles. The van der Waals surface area contributed by atoms with E-state index in [4.69, 9.17) is 0 Å². The van der Waals surface area contributed by atoms with E-state index in [1.807, 2.05) is 24.3 Å². The molecule has 0 saturated carbocycles. The van der Waals surface area contributed by atoms with Gasteiger partial charge in [0.15, 0.2) is 5.82 Å². The Hall–Kier alpha value is -3.20. The van der Waals surface area contributed by atoms with E-state index in [2.05, 4.69) is 82.9 Å². The smallest absolute Gasteiger partial charge is 0.168 e. The summed E-state index contributed by atoms with van der Waals surface area (Å²) in [5.41, 5.74) is 2.14. The molecule has 1 heterocycles. The average Bonchev–Trinajstić information content (AvgIpc) is 3.12. The monoisotopic (exact) mass is 325 g/mol. The zero-order chi connectivity index (χ0) is 17.2. The van der Waals surface area contributed by atoms with E-state index in [0.29, 0.717) is 0 Å². The molecule has 0 bridgehead atoms. The van der Waals surface area contributed by atoms with Crippen LogP contribution in [-0.4, -0.2) is 14.8 Å². The highest BCUT2D eigenvalue weighted by Crippen LogP contribution is 2.30. The van der Waals surface area contributed by atoms with Crippen molar-refractivity contribution in [1.82, 2.24) is 14.8 Å². The molecule has 1 atom stereocenters. The van der Waals surface area contributed by atoms with Crippen molar-refractivity contribution < 1.29 is 0 Å². The lowest BCUT2D eigenvalue weighted by molar-refractivity contribution is 0.808. The molecule has 0 radical (unpaired) electrons. The molecule has 4 rings (SSSR count). The van der Waals surface area contributed by atoms with Crippen LogP contribution in [0, 0.1) is 0 Å². The van der Waals surface area contributed by atoms with Crippen molar-refractivity contribution >= 4 is 10.8 Å². The number of fused-ring (bicyclic) bond motifs is 1. The average molecular weight is 325 g/mol. The van der Waals surface area contributed by atoms with Gasteiger partial charge in [0.2, 0.25) is 0 Å². The minimum Gasteiger partial charge on any atom is -0.278 e. The van der Waals surface area contributed by atoms with Gasteiger partial charge in [-0.3, -0.25) is 4.57 Å². The number of benzene rings is 3. The Morgan fingerprint density at radius 1 is 0.880 bits per heavy atom. The predicted molar refractivity (Wildman–Crippen MR) is 103 cm³/mol. The zero-order valence-electron chi connectivity index (χ0n) is 14.1. The van der Waals surface area contributed by atoms with Crippen molar-refractivity contribution in [3.63, 3.8) is 0 Å². The summed E-state index contributed by atoms with van der Waals surface area (Å²) < 4.78 is 2.16. The number of nitrogens with zero attached hydrogens (tertiary/aromatic N) is 3. The molecule has 0 aliphatic rings. The fraction of sp³-hybridized carbons (Fsp3) is 0.0909. The topological polar surface area (TPSA) is 30.7 Å². The van der Waals surface area contributed by atoms with Crippen LogP contribution in [0.2, 0.25) is 0 Å². The molecule has 3 nitrogen and oxygen atoms in total. The fourth-order valence-corrected chi connectivity index (χ4v) is 3.11. The molecular weight excluding hydrogens is 306 g/mol. The van der Waals surface area contributed by atoms with Gasteiger partial charge < -0.3 is 0 Å². The Bertz CT molecular complexity index is 1030. The van der Waals surface area contributed by atoms with Crippen molar-refractivity contribution in [1.29, 1.82) is 0 Å². The molecule has 3 heteroatoms. The van der Waals surface area contributed by atoms with Crippen molar-refractivity contribution in [2.24, 2.45) is 0 Å². The van der Waals surface area contributed by atoms with E-state index >= 15 is 0 Å². The summed E-state index contributed by atoms with van der Waals surface area (Å²) in [6, 6.07) is 24.9. The van der Waals surface area contributed by atoms with Crippen LogP contribution in [-0.2, 0) is 0 Å². The number of hydrogen-bond acceptors (Lipinski definition) is 2. The van der Waals surface area contributed by atoms with E-state index in [1.54, 1.807) is 0 Å². The molecule has 122 valence electrons. The first-order valence-electron chi connectivity index (χ1n) is 8.41. The van der Waals surface area contributed by atoms with Gasteiger partial charge in [-0.05, 0) is 11.5 Å². The third kappa shape index (κ3) is 2.64. The lowest BCUT2D eigenvalue weighted by atomic mass is 10.1. The van der Waals surface area contributed by atoms with Crippen LogP contribution >= 0.6 is 0 Å². The molecule has 0 aliphatic heterocycles. The van der Waals surface area contributed by atoms with Gasteiger partial charge in [-0.2, -0.15) is 0 Å². The molecule has 0 aliphatic carbocycles. The SMILES string of the molecule is C=CC(C)c1nnc(-c2ccccc2)n1-c1cccc2ccccc12. The summed E-state index contributed by atoms with van der Waals surface area (Å²) in [5.74, 6) is 1.84. The summed E-state index contributed by atoms with van der Waals surface area (Å²) in [4.78, 5) is 0. The quantitative estimate of drug-likeness (QED) is 0.472. The van der Waals surface area contributed by atoms with Crippen molar-refractivity contribution in [3.8, 4) is 17.1 Å². The molecule has 3 aromatic carbocycles. The Morgan fingerprint density at radius 2 is 1.60 bits per heavy atom. The molecule has 25 heavy (non-hydrogen) atoms. The number of hydrogen-bond donors (Lipinski definition) is 0. The van der Waals surface area contributed by atoms with Crippen LogP contribution in [0.1, 0.15) is 18.7 Å². The second kappa shape index (κ2) is 6.36. The lowest BCUT2D eigenvalue weighted by Gasteiger charge is -2.15. The van der Waals surface area contributed by atoms with E-state index in [-0.39, 0.29) is 5.92 Å². The molecule has 0 fully saturated rings. The Kier molecular flexibility index (Phi) is 3.90. The third-order valence-electron chi connectivity index (χ3n) is 4.49. The minimum atomic E-state index is 0.101. The summed E-state index contributed by atoms with van der Waals surface area (Å²) in [7, 11) is 0. The maximum Gasteiger partial charge on any atom is 0.168 e. The van der Waals surface area contributed by atoms with Crippen LogP contribution in [0.3, 0.4) is 0 Å². The number of aromatic nitrogens is 3. The van der Waals surface area contributed by atoms with Crippen LogP contribution in [0.15, 0.2) is 85.5 Å². The largest absolute Gasteiger partial charge is 0.278 e. The zero-order valence-corrected chi connectivity index (χ0v) is 14.1. The van der Waals surface area contributed by atoms with Crippen molar-refractivity contribution in [2.75, 3.05) is 0 Å². The van der Waals surface area contributed by atoms with Gasteiger partial charge in [-0.25, -0.2) is 0 Å². The predicted octanol–water partition coefficient (Wildman–Crippen LogP) is 5.38. The standard InChI is InChI=1S/C22H19N3/c1-3-16(2)21-23-24-22(18-11-5-4-6-12-18)25(21)20-15-9-13-17-10-7-8-14-19(17)20/h3-16H,1H2,2H3. The first-order chi connectivity index (χ1) is 12.3. The molecule has 0 amide bonds. The first kappa shape index (κ1) is 15.3. The number of rotatable bonds is 4. The lowest BCUT2D eigenvalue weighted by Crippen LogP contribution is -2.06. The summed E-state index contributed by atoms with van der Waals surface area (Å²) in [6.45, 7) is 6.03. The van der Waals surface area contributed by atoms with Gasteiger partial charge in [0.05, 0.1) is 5.69 Å². The van der Waals surface area contributed by atoms with Gasteiger partial charge >= 0.3 is 0 Å². The van der Waals surface area contributed by atoms with Crippen LogP contribution in [0.4, 0.5) is 0 Å². The highest BCUT2D eigenvalue weighted by Gasteiger charge is 2.19. The molecule has 1 unspecified atom stereocenters. The van der Waals surface area contributed by atoms with E-state index in [0.717, 1.165) is 22.9 Å². The normalized spacial score (nSPS) is 12.2. The minimum absolute atomic E-state index is 0.101. The highest BCUT2D eigenvalue weighted by molar-refractivity contribution is 5.90. The summed E-state index contributed by atoms with van der Waals surface area (Å²) >= 11 is 0. The molecular formula is C22H19N3. The van der Waals surface area contributed by atoms with Crippen LogP contribution in [0.5, 0.6) is 0 Å². The fourth-order valence-electron chi connectivity index (χ4n) is 3.11. The Balaban J connectivity index is 2.05. The molecule has 0 N–H and O–H groups in total. The Labute approximate surface area is 147 Å². The summed E-state index contributed by atoms with van der Waals surface area (Å²) in [6.07, 6.45) is 1.90. The second-order valence-electron chi connectivity index (χ2n) is 6.11. The maximum absolute atomic E-state index is 4.50. The van der Waals surface area contributed by atoms with E-state index in [9.17, 15) is 0 Å². The van der Waals surface area contributed by atoms with Gasteiger partial charge in [0, 0.05) is 16.9 Å². The summed E-state index contributed by atoms with van der Waals surface area (Å²) in [5, 5.41) is 11.4. The van der Waals surface area contributed by atoms with Crippen LogP contribution in [0.25, 0.3) is 27.8 Å². The van der Waals surface area contributed by atoms with Crippen LogP contribution < -0.4 is 0 Å².